The molecule has 7 heteroatoms. The van der Waals surface area contributed by atoms with Gasteiger partial charge in [0.05, 0.1) is 12.2 Å². The summed E-state index contributed by atoms with van der Waals surface area (Å²) in [5.74, 6) is 0.478. The Morgan fingerprint density at radius 1 is 1.32 bits per heavy atom. The van der Waals surface area contributed by atoms with Gasteiger partial charge in [-0.2, -0.15) is 5.26 Å². The smallest absolute Gasteiger partial charge is 0.205 e. The van der Waals surface area contributed by atoms with E-state index < -0.39 is 0 Å². The number of nitrogens with one attached hydrogen (secondary N) is 2. The summed E-state index contributed by atoms with van der Waals surface area (Å²) in [4.78, 5) is 13.0. The molecule has 2 N–H and O–H groups in total. The monoisotopic (exact) mass is 400 g/mol. The summed E-state index contributed by atoms with van der Waals surface area (Å²) in [6.07, 6.45) is 8.39. The quantitative estimate of drug-likeness (QED) is 0.245. The second kappa shape index (κ2) is 10.4. The zero-order valence-electron chi connectivity index (χ0n) is 14.2. The van der Waals surface area contributed by atoms with Gasteiger partial charge < -0.3 is 5.32 Å². The highest BCUT2D eigenvalue weighted by molar-refractivity contribution is 9.10. The third-order valence-electron chi connectivity index (χ3n) is 3.59. The van der Waals surface area contributed by atoms with Crippen LogP contribution in [0.5, 0.6) is 0 Å². The lowest BCUT2D eigenvalue weighted by molar-refractivity contribution is 0.691. The molecule has 0 aromatic carbocycles. The fourth-order valence-corrected chi connectivity index (χ4v) is 2.74. The van der Waals surface area contributed by atoms with Crippen molar-refractivity contribution in [2.24, 2.45) is 4.99 Å². The topological polar surface area (TPSA) is 86.0 Å². The summed E-state index contributed by atoms with van der Waals surface area (Å²) < 4.78 is 1.01. The zero-order chi connectivity index (χ0) is 17.9. The van der Waals surface area contributed by atoms with E-state index in [4.69, 9.17) is 5.26 Å². The first-order valence-electron chi connectivity index (χ1n) is 8.13. The highest BCUT2D eigenvalue weighted by atomic mass is 79.9. The van der Waals surface area contributed by atoms with Gasteiger partial charge in [-0.15, -0.1) is 0 Å². The first kappa shape index (κ1) is 18.9. The van der Waals surface area contributed by atoms with Crippen molar-refractivity contribution in [2.45, 2.75) is 32.7 Å². The highest BCUT2D eigenvalue weighted by Gasteiger charge is 2.02. The van der Waals surface area contributed by atoms with Crippen LogP contribution in [-0.2, 0) is 13.0 Å². The van der Waals surface area contributed by atoms with Crippen molar-refractivity contribution in [1.82, 2.24) is 20.6 Å². The summed E-state index contributed by atoms with van der Waals surface area (Å²) in [5, 5.41) is 14.6. The molecular weight excluding hydrogens is 380 g/mol. The highest BCUT2D eigenvalue weighted by Crippen LogP contribution is 2.14. The molecule has 0 fully saturated rings. The van der Waals surface area contributed by atoms with Crippen LogP contribution in [0.4, 0.5) is 0 Å². The summed E-state index contributed by atoms with van der Waals surface area (Å²) in [5.41, 5.74) is 3.19. The van der Waals surface area contributed by atoms with Crippen LogP contribution in [0.1, 0.15) is 29.8 Å². The van der Waals surface area contributed by atoms with Crippen molar-refractivity contribution in [3.63, 3.8) is 0 Å². The molecule has 0 aliphatic rings. The molecule has 130 valence electrons. The SMILES string of the molecule is Cc1cc(Br)cnc1CCCCNC(=NCc1ccccn1)NC#N. The van der Waals surface area contributed by atoms with Crippen LogP contribution in [0.25, 0.3) is 0 Å². The predicted molar refractivity (Wildman–Crippen MR) is 102 cm³/mol. The van der Waals surface area contributed by atoms with Crippen molar-refractivity contribution >= 4 is 21.9 Å². The Balaban J connectivity index is 1.74. The van der Waals surface area contributed by atoms with Crippen LogP contribution in [0.3, 0.4) is 0 Å². The van der Waals surface area contributed by atoms with Crippen molar-refractivity contribution in [3.05, 3.63) is 58.1 Å². The number of aromatic nitrogens is 2. The Morgan fingerprint density at radius 2 is 2.20 bits per heavy atom. The van der Waals surface area contributed by atoms with Gasteiger partial charge in [-0.05, 0) is 65.9 Å². The number of guanidine groups is 1. The molecule has 0 spiro atoms. The molecule has 0 aliphatic carbocycles. The van der Waals surface area contributed by atoms with E-state index in [9.17, 15) is 0 Å². The standard InChI is InChI=1S/C18H21BrN6/c1-14-10-15(19)11-23-17(14)7-3-5-9-22-18(25-13-20)24-12-16-6-2-4-8-21-16/h2,4,6,8,10-11H,3,5,7,9,12H2,1H3,(H2,22,24,25). The van der Waals surface area contributed by atoms with Crippen molar-refractivity contribution in [3.8, 4) is 6.19 Å². The number of unbranched alkanes of at least 4 members (excludes halogenated alkanes) is 1. The summed E-state index contributed by atoms with van der Waals surface area (Å²) >= 11 is 3.43. The number of halogens is 1. The Bertz CT molecular complexity index is 739. The van der Waals surface area contributed by atoms with Gasteiger partial charge in [-0.3, -0.25) is 15.3 Å². The maximum atomic E-state index is 8.83. The van der Waals surface area contributed by atoms with E-state index >= 15 is 0 Å². The van der Waals surface area contributed by atoms with E-state index in [2.05, 4.69) is 54.5 Å². The van der Waals surface area contributed by atoms with Gasteiger partial charge in [-0.1, -0.05) is 6.07 Å². The number of hydrogen-bond donors (Lipinski definition) is 2. The van der Waals surface area contributed by atoms with E-state index in [1.165, 1.54) is 5.56 Å². The fourth-order valence-electron chi connectivity index (χ4n) is 2.30. The Kier molecular flexibility index (Phi) is 7.86. The number of hydrogen-bond acceptors (Lipinski definition) is 4. The van der Waals surface area contributed by atoms with Crippen LogP contribution in [0.2, 0.25) is 0 Å². The van der Waals surface area contributed by atoms with E-state index in [0.717, 1.165) is 41.7 Å². The largest absolute Gasteiger partial charge is 0.356 e. The number of nitriles is 1. The molecule has 0 saturated carbocycles. The van der Waals surface area contributed by atoms with Gasteiger partial charge in [-0.25, -0.2) is 4.99 Å². The van der Waals surface area contributed by atoms with Crippen LogP contribution < -0.4 is 10.6 Å². The second-order valence-corrected chi connectivity index (χ2v) is 6.44. The maximum Gasteiger partial charge on any atom is 0.205 e. The minimum absolute atomic E-state index is 0.430. The molecule has 2 aromatic heterocycles. The molecular formula is C18H21BrN6. The summed E-state index contributed by atoms with van der Waals surface area (Å²) in [6.45, 7) is 3.25. The number of rotatable bonds is 7. The third kappa shape index (κ3) is 6.89. The average Bonchev–Trinajstić information content (AvgIpc) is 2.62. The zero-order valence-corrected chi connectivity index (χ0v) is 15.8. The van der Waals surface area contributed by atoms with Crippen molar-refractivity contribution in [2.75, 3.05) is 6.54 Å². The van der Waals surface area contributed by atoms with E-state index in [0.29, 0.717) is 12.5 Å². The third-order valence-corrected chi connectivity index (χ3v) is 4.02. The number of nitrogens with zero attached hydrogens (tertiary/aromatic N) is 4. The van der Waals surface area contributed by atoms with E-state index in [-0.39, 0.29) is 0 Å². The minimum atomic E-state index is 0.430. The second-order valence-electron chi connectivity index (χ2n) is 5.52. The molecule has 25 heavy (non-hydrogen) atoms. The van der Waals surface area contributed by atoms with Gasteiger partial charge in [0.25, 0.3) is 0 Å². The average molecular weight is 401 g/mol. The number of aliphatic imine (C=N–C) groups is 1. The fraction of sp³-hybridized carbons (Fsp3) is 0.333. The normalized spacial score (nSPS) is 11.0. The van der Waals surface area contributed by atoms with E-state index in [1.54, 1.807) is 6.20 Å². The minimum Gasteiger partial charge on any atom is -0.356 e. The number of aryl methyl sites for hydroxylation is 2. The van der Waals surface area contributed by atoms with Gasteiger partial charge in [0.1, 0.15) is 0 Å². The van der Waals surface area contributed by atoms with Crippen LogP contribution >= 0.6 is 15.9 Å². The van der Waals surface area contributed by atoms with E-state index in [1.807, 2.05) is 30.6 Å². The molecule has 2 aromatic rings. The molecule has 0 bridgehead atoms. The lowest BCUT2D eigenvalue weighted by atomic mass is 10.1. The predicted octanol–water partition coefficient (Wildman–Crippen LogP) is 3.09. The van der Waals surface area contributed by atoms with Crippen LogP contribution in [-0.4, -0.2) is 22.5 Å². The molecule has 2 rings (SSSR count). The Morgan fingerprint density at radius 3 is 2.92 bits per heavy atom. The van der Waals surface area contributed by atoms with Crippen LogP contribution in [0, 0.1) is 18.4 Å². The van der Waals surface area contributed by atoms with Crippen molar-refractivity contribution < 1.29 is 0 Å². The lowest BCUT2D eigenvalue weighted by Gasteiger charge is -2.09. The lowest BCUT2D eigenvalue weighted by Crippen LogP contribution is -2.35. The maximum absolute atomic E-state index is 8.83. The molecule has 6 nitrogen and oxygen atoms in total. The van der Waals surface area contributed by atoms with Gasteiger partial charge in [0.2, 0.25) is 5.96 Å². The first-order chi connectivity index (χ1) is 12.2. The van der Waals surface area contributed by atoms with Gasteiger partial charge in [0.15, 0.2) is 6.19 Å². The molecule has 0 amide bonds. The Labute approximate surface area is 156 Å². The number of pyridine rings is 2. The Hall–Kier alpha value is -2.46. The summed E-state index contributed by atoms with van der Waals surface area (Å²) in [6, 6.07) is 7.77. The molecule has 0 aliphatic heterocycles. The first-order valence-corrected chi connectivity index (χ1v) is 8.92. The molecule has 0 atom stereocenters. The molecule has 0 unspecified atom stereocenters. The van der Waals surface area contributed by atoms with Crippen molar-refractivity contribution in [1.29, 1.82) is 5.26 Å². The van der Waals surface area contributed by atoms with Crippen LogP contribution in [0.15, 0.2) is 46.1 Å². The summed E-state index contributed by atoms with van der Waals surface area (Å²) in [7, 11) is 0. The van der Waals surface area contributed by atoms with Gasteiger partial charge >= 0.3 is 0 Å². The van der Waals surface area contributed by atoms with Gasteiger partial charge in [0, 0.05) is 29.1 Å². The molecule has 2 heterocycles. The molecule has 0 saturated heterocycles. The molecule has 0 radical (unpaired) electrons.